The first-order valence-corrected chi connectivity index (χ1v) is 23.0. The molecule has 0 saturated carbocycles. The lowest BCUT2D eigenvalue weighted by molar-refractivity contribution is 1.05. The molecule has 310 valence electrons. The van der Waals surface area contributed by atoms with Gasteiger partial charge in [0, 0.05) is 28.0 Å². The molecule has 67 heavy (non-hydrogen) atoms. The van der Waals surface area contributed by atoms with E-state index in [2.05, 4.69) is 241 Å². The van der Waals surface area contributed by atoms with E-state index >= 15 is 0 Å². The second-order valence-corrected chi connectivity index (χ2v) is 17.8. The molecule has 0 radical (unpaired) electrons. The fourth-order valence-corrected chi connectivity index (χ4v) is 10.6. The maximum absolute atomic E-state index is 5.53. The van der Waals surface area contributed by atoms with Crippen molar-refractivity contribution in [2.75, 3.05) is 0 Å². The van der Waals surface area contributed by atoms with Crippen molar-refractivity contribution >= 4 is 86.4 Å². The van der Waals surface area contributed by atoms with E-state index in [1.807, 2.05) is 0 Å². The summed E-state index contributed by atoms with van der Waals surface area (Å²) in [6.07, 6.45) is 0. The van der Waals surface area contributed by atoms with Gasteiger partial charge in [0.2, 0.25) is 0 Å². The predicted octanol–water partition coefficient (Wildman–Crippen LogP) is 17.2. The van der Waals surface area contributed by atoms with Crippen molar-refractivity contribution < 1.29 is 0 Å². The number of rotatable bonds is 5. The first-order valence-electron chi connectivity index (χ1n) is 23.0. The molecule has 0 aliphatic rings. The van der Waals surface area contributed by atoms with Crippen molar-refractivity contribution in [2.24, 2.45) is 0 Å². The Morgan fingerprint density at radius 1 is 0.239 bits per heavy atom. The van der Waals surface area contributed by atoms with Gasteiger partial charge in [-0.05, 0) is 135 Å². The number of benzene rings is 12. The van der Waals surface area contributed by atoms with Gasteiger partial charge in [-0.3, -0.25) is 4.57 Å². The number of hydrogen-bond donors (Lipinski definition) is 0. The van der Waals surface area contributed by atoms with Crippen molar-refractivity contribution in [2.45, 2.75) is 0 Å². The van der Waals surface area contributed by atoms with Crippen LogP contribution in [0.1, 0.15) is 0 Å². The van der Waals surface area contributed by atoms with E-state index in [1.165, 1.54) is 92.3 Å². The highest BCUT2D eigenvalue weighted by atomic mass is 15.1. The second-order valence-electron chi connectivity index (χ2n) is 17.8. The fraction of sp³-hybridized carbons (Fsp3) is 0. The minimum Gasteiger partial charge on any atom is -0.294 e. The molecule has 0 fully saturated rings. The number of fused-ring (bicyclic) bond motifs is 12. The summed E-state index contributed by atoms with van der Waals surface area (Å²) in [6, 6.07) is 86.2. The van der Waals surface area contributed by atoms with Crippen LogP contribution in [0.15, 0.2) is 237 Å². The lowest BCUT2D eigenvalue weighted by Crippen LogP contribution is -2.02. The van der Waals surface area contributed by atoms with Crippen molar-refractivity contribution in [3.8, 4) is 50.7 Å². The van der Waals surface area contributed by atoms with Crippen LogP contribution in [-0.4, -0.2) is 14.5 Å². The molecule has 3 nitrogen and oxygen atoms in total. The zero-order chi connectivity index (χ0) is 44.0. The van der Waals surface area contributed by atoms with E-state index in [0.717, 1.165) is 39.1 Å². The van der Waals surface area contributed by atoms with Crippen LogP contribution < -0.4 is 0 Å². The summed E-state index contributed by atoms with van der Waals surface area (Å²) in [5.74, 6) is 1.50. The lowest BCUT2D eigenvalue weighted by atomic mass is 9.90. The maximum Gasteiger partial charge on any atom is 0.162 e. The van der Waals surface area contributed by atoms with Crippen molar-refractivity contribution in [1.82, 2.24) is 14.5 Å². The highest BCUT2D eigenvalue weighted by Gasteiger charge is 2.21. The summed E-state index contributed by atoms with van der Waals surface area (Å²) < 4.78 is 2.38. The van der Waals surface area contributed by atoms with Gasteiger partial charge >= 0.3 is 0 Å². The van der Waals surface area contributed by atoms with E-state index in [-0.39, 0.29) is 0 Å². The topological polar surface area (TPSA) is 30.7 Å². The third kappa shape index (κ3) is 6.13. The molecule has 0 unspecified atom stereocenters. The van der Waals surface area contributed by atoms with Crippen molar-refractivity contribution in [3.05, 3.63) is 237 Å². The molecule has 14 rings (SSSR count). The van der Waals surface area contributed by atoms with Crippen molar-refractivity contribution in [3.63, 3.8) is 0 Å². The molecule has 0 atom stereocenters. The quantitative estimate of drug-likeness (QED) is 0.162. The Kier molecular flexibility index (Phi) is 8.28. The van der Waals surface area contributed by atoms with E-state index in [9.17, 15) is 0 Å². The number of nitrogens with zero attached hydrogens (tertiary/aromatic N) is 3. The van der Waals surface area contributed by atoms with Gasteiger partial charge < -0.3 is 0 Å². The van der Waals surface area contributed by atoms with Crippen LogP contribution in [-0.2, 0) is 0 Å². The average molecular weight is 850 g/mol. The largest absolute Gasteiger partial charge is 0.294 e. The SMILES string of the molecule is c1ccc(-c2ccc3c(c2)c2cc4c5cc(-c6ccc7ccccc7c6)ccc5c5ccccc5c4cc2n3-c2cc(-c3ccc4ccccc4c3)nc(-c3ccc4ccccc4c3)n2)cc1. The summed E-state index contributed by atoms with van der Waals surface area (Å²) >= 11 is 0. The fourth-order valence-electron chi connectivity index (χ4n) is 10.6. The van der Waals surface area contributed by atoms with E-state index in [1.54, 1.807) is 0 Å². The highest BCUT2D eigenvalue weighted by molar-refractivity contribution is 6.29. The van der Waals surface area contributed by atoms with Gasteiger partial charge in [0.1, 0.15) is 5.82 Å². The number of hydrogen-bond acceptors (Lipinski definition) is 2. The minimum absolute atomic E-state index is 0.681. The molecular weight excluding hydrogens is 811 g/mol. The van der Waals surface area contributed by atoms with Crippen LogP contribution in [0.5, 0.6) is 0 Å². The first-order chi connectivity index (χ1) is 33.2. The molecular formula is C64H39N3. The van der Waals surface area contributed by atoms with Gasteiger partial charge in [-0.25, -0.2) is 9.97 Å². The van der Waals surface area contributed by atoms with Crippen LogP contribution in [0.3, 0.4) is 0 Å². The molecule has 0 saturated heterocycles. The van der Waals surface area contributed by atoms with Gasteiger partial charge in [-0.15, -0.1) is 0 Å². The second kappa shape index (κ2) is 14.8. The Balaban J connectivity index is 1.08. The predicted molar refractivity (Wildman–Crippen MR) is 283 cm³/mol. The lowest BCUT2D eigenvalue weighted by Gasteiger charge is -2.15. The standard InChI is InChI=1S/C64H39N3/c1-2-12-40(13-3-1)48-29-31-61-58(36-48)59-37-56-55-35-49(47-25-22-41-14-4-7-17-44(41)32-47)28-30-54(55)52-20-10-11-21-53(52)57(56)38-62(59)67(61)63-39-60(50-26-23-42-15-5-8-18-45(42)33-50)65-64(66-63)51-27-24-43-16-6-9-19-46(43)34-51/h1-39H. The van der Waals surface area contributed by atoms with Crippen molar-refractivity contribution in [1.29, 1.82) is 0 Å². The van der Waals surface area contributed by atoms with Gasteiger partial charge in [-0.1, -0.05) is 182 Å². The summed E-state index contributed by atoms with van der Waals surface area (Å²) in [4.78, 5) is 10.9. The van der Waals surface area contributed by atoms with Crippen LogP contribution in [0.2, 0.25) is 0 Å². The summed E-state index contributed by atoms with van der Waals surface area (Å²) in [7, 11) is 0. The number of aromatic nitrogens is 3. The monoisotopic (exact) mass is 849 g/mol. The molecule has 12 aromatic carbocycles. The molecule has 3 heteroatoms. The van der Waals surface area contributed by atoms with Crippen LogP contribution in [0, 0.1) is 0 Å². The van der Waals surface area contributed by atoms with Crippen LogP contribution in [0.4, 0.5) is 0 Å². The third-order valence-corrected chi connectivity index (χ3v) is 13.9. The average Bonchev–Trinajstić information content (AvgIpc) is 3.72. The van der Waals surface area contributed by atoms with Crippen LogP contribution in [0.25, 0.3) is 137 Å². The van der Waals surface area contributed by atoms with E-state index in [0.29, 0.717) is 5.82 Å². The molecule has 0 bridgehead atoms. The molecule has 0 N–H and O–H groups in total. The molecule has 0 amide bonds. The zero-order valence-corrected chi connectivity index (χ0v) is 36.4. The van der Waals surface area contributed by atoms with E-state index in [4.69, 9.17) is 9.97 Å². The third-order valence-electron chi connectivity index (χ3n) is 13.9. The smallest absolute Gasteiger partial charge is 0.162 e. The molecule has 0 aliphatic carbocycles. The molecule has 0 spiro atoms. The molecule has 2 heterocycles. The van der Waals surface area contributed by atoms with Gasteiger partial charge in [-0.2, -0.15) is 0 Å². The van der Waals surface area contributed by atoms with Gasteiger partial charge in [0.15, 0.2) is 5.82 Å². The maximum atomic E-state index is 5.53. The first kappa shape index (κ1) is 37.5. The Bertz CT molecular complexity index is 4240. The van der Waals surface area contributed by atoms with Gasteiger partial charge in [0.05, 0.1) is 16.7 Å². The Morgan fingerprint density at radius 3 is 1.42 bits per heavy atom. The summed E-state index contributed by atoms with van der Waals surface area (Å²) in [5, 5.41) is 16.9. The Hall–Kier alpha value is -8.92. The van der Waals surface area contributed by atoms with Gasteiger partial charge in [0.25, 0.3) is 0 Å². The molecule has 0 aliphatic heterocycles. The normalized spacial score (nSPS) is 11.9. The highest BCUT2D eigenvalue weighted by Crippen LogP contribution is 2.43. The van der Waals surface area contributed by atoms with E-state index < -0.39 is 0 Å². The Morgan fingerprint density at radius 2 is 0.701 bits per heavy atom. The minimum atomic E-state index is 0.681. The molecule has 2 aromatic heterocycles. The summed E-state index contributed by atoms with van der Waals surface area (Å²) in [6.45, 7) is 0. The summed E-state index contributed by atoms with van der Waals surface area (Å²) in [5.41, 5.74) is 9.83. The Labute approximate surface area is 386 Å². The zero-order valence-electron chi connectivity index (χ0n) is 36.4. The van der Waals surface area contributed by atoms with Crippen LogP contribution >= 0.6 is 0 Å². The molecule has 14 aromatic rings.